The molecule has 0 amide bonds. The van der Waals surface area contributed by atoms with Crippen LogP contribution in [0.3, 0.4) is 0 Å². The van der Waals surface area contributed by atoms with E-state index in [2.05, 4.69) is 6.92 Å². The lowest BCUT2D eigenvalue weighted by molar-refractivity contribution is 0.306. The van der Waals surface area contributed by atoms with Gasteiger partial charge in [-0.05, 0) is 24.6 Å². The summed E-state index contributed by atoms with van der Waals surface area (Å²) in [6, 6.07) is 4.32. The Morgan fingerprint density at radius 3 is 2.00 bits per heavy atom. The van der Waals surface area contributed by atoms with Gasteiger partial charge in [0.25, 0.3) is 10.1 Å². The van der Waals surface area contributed by atoms with Crippen LogP contribution in [0.2, 0.25) is 10.0 Å². The van der Waals surface area contributed by atoms with Crippen LogP contribution >= 0.6 is 23.2 Å². The molecule has 0 fully saturated rings. The second-order valence-electron chi connectivity index (χ2n) is 6.03. The van der Waals surface area contributed by atoms with Crippen molar-refractivity contribution in [2.24, 2.45) is 0 Å². The fourth-order valence-corrected chi connectivity index (χ4v) is 4.17. The minimum Gasteiger partial charge on any atom is -0.266 e. The fraction of sp³-hybridized carbons (Fsp3) is 0.667. The highest BCUT2D eigenvalue weighted by atomic mass is 35.5. The van der Waals surface area contributed by atoms with Crippen molar-refractivity contribution in [1.29, 1.82) is 0 Å². The van der Waals surface area contributed by atoms with Gasteiger partial charge in [-0.25, -0.2) is 0 Å². The Morgan fingerprint density at radius 2 is 1.42 bits per heavy atom. The lowest BCUT2D eigenvalue weighted by Gasteiger charge is -2.08. The number of hydrogen-bond acceptors (Lipinski definition) is 3. The average molecular weight is 395 g/mol. The molecular formula is C18H28Cl2O3S. The normalized spacial score (nSPS) is 11.8. The largest absolute Gasteiger partial charge is 0.298 e. The summed E-state index contributed by atoms with van der Waals surface area (Å²) in [5.74, 6) is 0. The highest BCUT2D eigenvalue weighted by molar-refractivity contribution is 7.86. The van der Waals surface area contributed by atoms with E-state index in [0.29, 0.717) is 5.02 Å². The predicted octanol–water partition coefficient (Wildman–Crippen LogP) is 6.62. The SMILES string of the molecule is CCCCCCCCCCCCOS(=O)(=O)c1cc(Cl)ccc1Cl. The topological polar surface area (TPSA) is 43.4 Å². The summed E-state index contributed by atoms with van der Waals surface area (Å²) in [7, 11) is -3.84. The van der Waals surface area contributed by atoms with Crippen molar-refractivity contribution in [3.05, 3.63) is 28.2 Å². The molecule has 1 aromatic carbocycles. The third-order valence-corrected chi connectivity index (χ3v) is 5.93. The minimum atomic E-state index is -3.84. The maximum absolute atomic E-state index is 12.1. The number of rotatable bonds is 13. The van der Waals surface area contributed by atoms with Crippen molar-refractivity contribution in [2.45, 2.75) is 76.0 Å². The molecule has 0 spiro atoms. The number of unbranched alkanes of at least 4 members (excludes halogenated alkanes) is 9. The Bertz CT molecular complexity index is 574. The van der Waals surface area contributed by atoms with Gasteiger partial charge in [0, 0.05) is 5.02 Å². The molecular weight excluding hydrogens is 367 g/mol. The molecule has 0 saturated carbocycles. The Kier molecular flexibility index (Phi) is 11.0. The van der Waals surface area contributed by atoms with Crippen LogP contribution in [0, 0.1) is 0 Å². The predicted molar refractivity (Wildman–Crippen MR) is 101 cm³/mol. The summed E-state index contributed by atoms with van der Waals surface area (Å²) in [6.07, 6.45) is 11.9. The van der Waals surface area contributed by atoms with Crippen molar-refractivity contribution in [3.8, 4) is 0 Å². The summed E-state index contributed by atoms with van der Waals surface area (Å²) < 4.78 is 29.3. The smallest absolute Gasteiger partial charge is 0.266 e. The van der Waals surface area contributed by atoms with Crippen molar-refractivity contribution >= 4 is 33.3 Å². The first-order chi connectivity index (χ1) is 11.5. The van der Waals surface area contributed by atoms with E-state index in [0.717, 1.165) is 19.3 Å². The maximum Gasteiger partial charge on any atom is 0.298 e. The highest BCUT2D eigenvalue weighted by Crippen LogP contribution is 2.26. The summed E-state index contributed by atoms with van der Waals surface area (Å²) in [6.45, 7) is 2.41. The molecule has 138 valence electrons. The van der Waals surface area contributed by atoms with Gasteiger partial charge in [-0.15, -0.1) is 0 Å². The number of benzene rings is 1. The van der Waals surface area contributed by atoms with Crippen LogP contribution in [-0.2, 0) is 14.3 Å². The lowest BCUT2D eigenvalue weighted by Crippen LogP contribution is -2.08. The van der Waals surface area contributed by atoms with Crippen molar-refractivity contribution in [3.63, 3.8) is 0 Å². The molecule has 0 bridgehead atoms. The zero-order valence-electron chi connectivity index (χ0n) is 14.4. The van der Waals surface area contributed by atoms with Crippen LogP contribution in [0.1, 0.15) is 71.1 Å². The van der Waals surface area contributed by atoms with Gasteiger partial charge in [-0.3, -0.25) is 4.18 Å². The van der Waals surface area contributed by atoms with Crippen molar-refractivity contribution in [1.82, 2.24) is 0 Å². The molecule has 0 saturated heterocycles. The molecule has 6 heteroatoms. The van der Waals surface area contributed by atoms with Crippen LogP contribution < -0.4 is 0 Å². The van der Waals surface area contributed by atoms with Crippen molar-refractivity contribution < 1.29 is 12.6 Å². The molecule has 0 aliphatic carbocycles. The monoisotopic (exact) mass is 394 g/mol. The second-order valence-corrected chi connectivity index (χ2v) is 8.46. The molecule has 0 aliphatic heterocycles. The Hall–Kier alpha value is -0.290. The maximum atomic E-state index is 12.1. The molecule has 24 heavy (non-hydrogen) atoms. The van der Waals surface area contributed by atoms with E-state index < -0.39 is 10.1 Å². The first kappa shape index (κ1) is 21.8. The average Bonchev–Trinajstić information content (AvgIpc) is 2.54. The molecule has 1 rings (SSSR count). The molecule has 0 N–H and O–H groups in total. The molecule has 3 nitrogen and oxygen atoms in total. The lowest BCUT2D eigenvalue weighted by atomic mass is 10.1. The standard InChI is InChI=1S/C18H28Cl2O3S/c1-2-3-4-5-6-7-8-9-10-11-14-23-24(21,22)18-15-16(19)12-13-17(18)20/h12-13,15H,2-11,14H2,1H3. The van der Waals surface area contributed by atoms with E-state index in [9.17, 15) is 8.42 Å². The first-order valence-electron chi connectivity index (χ1n) is 8.82. The summed E-state index contributed by atoms with van der Waals surface area (Å²) in [4.78, 5) is -0.0660. The van der Waals surface area contributed by atoms with Gasteiger partial charge in [-0.1, -0.05) is 87.9 Å². The van der Waals surface area contributed by atoms with Gasteiger partial charge in [0.05, 0.1) is 11.6 Å². The van der Waals surface area contributed by atoms with Gasteiger partial charge in [-0.2, -0.15) is 8.42 Å². The molecule has 0 atom stereocenters. The molecule has 1 aromatic rings. The summed E-state index contributed by atoms with van der Waals surface area (Å²) >= 11 is 11.7. The molecule has 0 radical (unpaired) electrons. The number of hydrogen-bond donors (Lipinski definition) is 0. The van der Waals surface area contributed by atoms with Gasteiger partial charge >= 0.3 is 0 Å². The fourth-order valence-electron chi connectivity index (χ4n) is 2.49. The Morgan fingerprint density at radius 1 is 0.875 bits per heavy atom. The first-order valence-corrected chi connectivity index (χ1v) is 11.0. The molecule has 0 aromatic heterocycles. The Labute approximate surface area is 156 Å². The third kappa shape index (κ3) is 8.70. The van der Waals surface area contributed by atoms with E-state index in [4.69, 9.17) is 27.4 Å². The van der Waals surface area contributed by atoms with Gasteiger partial charge in [0.2, 0.25) is 0 Å². The second kappa shape index (κ2) is 12.1. The van der Waals surface area contributed by atoms with Crippen LogP contribution in [0.5, 0.6) is 0 Å². The van der Waals surface area contributed by atoms with E-state index in [1.165, 1.54) is 57.1 Å². The van der Waals surface area contributed by atoms with E-state index in [1.54, 1.807) is 6.07 Å². The van der Waals surface area contributed by atoms with Gasteiger partial charge in [0.1, 0.15) is 4.90 Å². The molecule has 0 heterocycles. The van der Waals surface area contributed by atoms with E-state index in [1.807, 2.05) is 0 Å². The van der Waals surface area contributed by atoms with E-state index in [-0.39, 0.29) is 16.5 Å². The third-order valence-electron chi connectivity index (χ3n) is 3.90. The molecule has 0 unspecified atom stereocenters. The van der Waals surface area contributed by atoms with Gasteiger partial charge < -0.3 is 0 Å². The molecule has 0 aliphatic rings. The quantitative estimate of drug-likeness (QED) is 0.278. The summed E-state index contributed by atoms with van der Waals surface area (Å²) in [5.41, 5.74) is 0. The minimum absolute atomic E-state index is 0.0660. The zero-order chi connectivity index (χ0) is 17.8. The van der Waals surface area contributed by atoms with E-state index >= 15 is 0 Å². The number of halogens is 2. The highest BCUT2D eigenvalue weighted by Gasteiger charge is 2.19. The van der Waals surface area contributed by atoms with Crippen LogP contribution in [0.15, 0.2) is 23.1 Å². The van der Waals surface area contributed by atoms with Crippen LogP contribution in [-0.4, -0.2) is 15.0 Å². The van der Waals surface area contributed by atoms with Crippen molar-refractivity contribution in [2.75, 3.05) is 6.61 Å². The van der Waals surface area contributed by atoms with Crippen LogP contribution in [0.25, 0.3) is 0 Å². The van der Waals surface area contributed by atoms with Gasteiger partial charge in [0.15, 0.2) is 0 Å². The zero-order valence-corrected chi connectivity index (χ0v) is 16.7. The Balaban J connectivity index is 2.15. The van der Waals surface area contributed by atoms with Crippen LogP contribution in [0.4, 0.5) is 0 Å². The summed E-state index contributed by atoms with van der Waals surface area (Å²) in [5, 5.41) is 0.447.